The Hall–Kier alpha value is -0.570. The minimum absolute atomic E-state index is 0.0775. The van der Waals surface area contributed by atoms with Gasteiger partial charge in [0, 0.05) is 19.1 Å². The van der Waals surface area contributed by atoms with Gasteiger partial charge in [0.2, 0.25) is 5.91 Å². The second-order valence-corrected chi connectivity index (χ2v) is 5.62. The van der Waals surface area contributed by atoms with E-state index in [1.165, 1.54) is 0 Å². The topological polar surface area (TPSA) is 32.3 Å². The molecule has 0 aliphatic rings. The minimum atomic E-state index is -0.466. The van der Waals surface area contributed by atoms with Gasteiger partial charge >= 0.3 is 0 Å². The van der Waals surface area contributed by atoms with Crippen molar-refractivity contribution in [3.05, 3.63) is 0 Å². The van der Waals surface area contributed by atoms with Crippen LogP contribution in [0.5, 0.6) is 0 Å². The first-order chi connectivity index (χ1) is 7.16. The van der Waals surface area contributed by atoms with Crippen LogP contribution in [0.3, 0.4) is 0 Å². The van der Waals surface area contributed by atoms with Crippen molar-refractivity contribution in [3.8, 4) is 0 Å². The van der Waals surface area contributed by atoms with Crippen molar-refractivity contribution >= 4 is 5.91 Å². The molecule has 0 bridgehead atoms. The van der Waals surface area contributed by atoms with Crippen LogP contribution < -0.4 is 5.32 Å². The van der Waals surface area contributed by atoms with Gasteiger partial charge in [-0.2, -0.15) is 0 Å². The number of hydrogen-bond donors (Lipinski definition) is 1. The third kappa shape index (κ3) is 3.21. The number of nitrogens with one attached hydrogen (secondary N) is 1. The Bertz CT molecular complexity index is 234. The van der Waals surface area contributed by atoms with Crippen LogP contribution in [0.4, 0.5) is 0 Å². The van der Waals surface area contributed by atoms with E-state index in [9.17, 15) is 4.79 Å². The molecule has 96 valence electrons. The van der Waals surface area contributed by atoms with Crippen molar-refractivity contribution in [2.24, 2.45) is 5.92 Å². The normalized spacial score (nSPS) is 14.7. The first-order valence-corrected chi connectivity index (χ1v) is 6.16. The van der Waals surface area contributed by atoms with Crippen LogP contribution in [0.2, 0.25) is 0 Å². The Morgan fingerprint density at radius 3 is 1.81 bits per heavy atom. The van der Waals surface area contributed by atoms with Gasteiger partial charge in [-0.15, -0.1) is 0 Å². The van der Waals surface area contributed by atoms with E-state index in [0.717, 1.165) is 0 Å². The molecule has 0 heterocycles. The minimum Gasteiger partial charge on any atom is -0.358 e. The molecule has 0 aromatic heterocycles. The first-order valence-electron chi connectivity index (χ1n) is 6.16. The van der Waals surface area contributed by atoms with Crippen LogP contribution in [0.25, 0.3) is 0 Å². The molecule has 0 rings (SSSR count). The highest BCUT2D eigenvalue weighted by Gasteiger charge is 2.38. The Balaban J connectivity index is 5.12. The molecule has 1 amide bonds. The molecular weight excluding hydrogens is 200 g/mol. The van der Waals surface area contributed by atoms with Gasteiger partial charge in [0.15, 0.2) is 0 Å². The summed E-state index contributed by atoms with van der Waals surface area (Å²) >= 11 is 0. The van der Waals surface area contributed by atoms with Crippen molar-refractivity contribution in [2.75, 3.05) is 7.05 Å². The van der Waals surface area contributed by atoms with E-state index in [2.05, 4.69) is 44.8 Å². The molecule has 0 aromatic rings. The van der Waals surface area contributed by atoms with Gasteiger partial charge in [0.1, 0.15) is 0 Å². The van der Waals surface area contributed by atoms with E-state index in [1.54, 1.807) is 7.05 Å². The second kappa shape index (κ2) is 5.67. The highest BCUT2D eigenvalue weighted by Crippen LogP contribution is 2.25. The number of amides is 1. The van der Waals surface area contributed by atoms with Gasteiger partial charge in [-0.3, -0.25) is 9.69 Å². The van der Waals surface area contributed by atoms with Crippen molar-refractivity contribution in [3.63, 3.8) is 0 Å². The largest absolute Gasteiger partial charge is 0.358 e. The summed E-state index contributed by atoms with van der Waals surface area (Å²) in [4.78, 5) is 14.2. The molecule has 0 aliphatic carbocycles. The van der Waals surface area contributed by atoms with Crippen molar-refractivity contribution in [2.45, 2.75) is 66.1 Å². The van der Waals surface area contributed by atoms with Gasteiger partial charge in [0.05, 0.1) is 5.54 Å². The zero-order valence-electron chi connectivity index (χ0n) is 12.1. The standard InChI is InChI=1S/C13H28N2O/c1-9(2)11(5)15(10(3)4)13(6,7)12(16)14-8/h9-11H,1-8H3,(H,14,16). The lowest BCUT2D eigenvalue weighted by atomic mass is 9.92. The quantitative estimate of drug-likeness (QED) is 0.783. The van der Waals surface area contributed by atoms with E-state index in [-0.39, 0.29) is 5.91 Å². The Morgan fingerprint density at radius 2 is 1.56 bits per heavy atom. The van der Waals surface area contributed by atoms with Gasteiger partial charge in [0.25, 0.3) is 0 Å². The summed E-state index contributed by atoms with van der Waals surface area (Å²) in [7, 11) is 1.70. The number of carbonyl (C=O) groups is 1. The lowest BCUT2D eigenvalue weighted by Gasteiger charge is -2.45. The van der Waals surface area contributed by atoms with E-state index in [1.807, 2.05) is 13.8 Å². The average Bonchev–Trinajstić information content (AvgIpc) is 2.15. The molecule has 0 radical (unpaired) electrons. The van der Waals surface area contributed by atoms with E-state index < -0.39 is 5.54 Å². The highest BCUT2D eigenvalue weighted by molar-refractivity contribution is 5.85. The Kier molecular flexibility index (Phi) is 5.47. The van der Waals surface area contributed by atoms with E-state index in [0.29, 0.717) is 18.0 Å². The molecule has 1 atom stereocenters. The summed E-state index contributed by atoms with van der Waals surface area (Å²) in [6, 6.07) is 0.733. The fraction of sp³-hybridized carbons (Fsp3) is 0.923. The fourth-order valence-electron chi connectivity index (χ4n) is 2.37. The predicted octanol–water partition coefficient (Wildman–Crippen LogP) is 2.27. The van der Waals surface area contributed by atoms with Gasteiger partial charge in [-0.25, -0.2) is 0 Å². The van der Waals surface area contributed by atoms with Crippen molar-refractivity contribution in [1.29, 1.82) is 0 Å². The molecule has 3 heteroatoms. The number of likely N-dealkylation sites (N-methyl/N-ethyl adjacent to an activating group) is 1. The summed E-state index contributed by atoms with van der Waals surface area (Å²) in [6.07, 6.45) is 0. The average molecular weight is 228 g/mol. The molecule has 16 heavy (non-hydrogen) atoms. The first kappa shape index (κ1) is 15.4. The summed E-state index contributed by atoms with van der Waals surface area (Å²) < 4.78 is 0. The van der Waals surface area contributed by atoms with E-state index >= 15 is 0 Å². The zero-order chi connectivity index (χ0) is 13.1. The lowest BCUT2D eigenvalue weighted by molar-refractivity contribution is -0.134. The molecule has 0 aliphatic heterocycles. The smallest absolute Gasteiger partial charge is 0.239 e. The van der Waals surface area contributed by atoms with Crippen LogP contribution >= 0.6 is 0 Å². The molecule has 0 saturated heterocycles. The zero-order valence-corrected chi connectivity index (χ0v) is 12.1. The van der Waals surface area contributed by atoms with Crippen LogP contribution in [-0.4, -0.2) is 35.5 Å². The second-order valence-electron chi connectivity index (χ2n) is 5.62. The van der Waals surface area contributed by atoms with Crippen LogP contribution in [0.1, 0.15) is 48.5 Å². The summed E-state index contributed by atoms with van der Waals surface area (Å²) in [5, 5.41) is 2.75. The third-order valence-corrected chi connectivity index (χ3v) is 3.39. The number of nitrogens with zero attached hydrogens (tertiary/aromatic N) is 1. The van der Waals surface area contributed by atoms with Gasteiger partial charge in [-0.1, -0.05) is 13.8 Å². The maximum absolute atomic E-state index is 12.0. The molecule has 0 spiro atoms. The fourth-order valence-corrected chi connectivity index (χ4v) is 2.37. The molecule has 3 nitrogen and oxygen atoms in total. The number of carbonyl (C=O) groups excluding carboxylic acids is 1. The maximum atomic E-state index is 12.0. The Labute approximate surface area is 101 Å². The SMILES string of the molecule is CNC(=O)C(C)(C)N(C(C)C)C(C)C(C)C. The van der Waals surface area contributed by atoms with Gasteiger partial charge < -0.3 is 5.32 Å². The molecular formula is C13H28N2O. The van der Waals surface area contributed by atoms with Crippen LogP contribution in [0, 0.1) is 5.92 Å². The lowest BCUT2D eigenvalue weighted by Crippen LogP contribution is -2.60. The summed E-state index contributed by atoms with van der Waals surface area (Å²) in [6.45, 7) is 14.8. The maximum Gasteiger partial charge on any atom is 0.239 e. The summed E-state index contributed by atoms with van der Waals surface area (Å²) in [5.41, 5.74) is -0.466. The molecule has 0 aromatic carbocycles. The molecule has 1 unspecified atom stereocenters. The third-order valence-electron chi connectivity index (χ3n) is 3.39. The van der Waals surface area contributed by atoms with Crippen LogP contribution in [0.15, 0.2) is 0 Å². The van der Waals surface area contributed by atoms with E-state index in [4.69, 9.17) is 0 Å². The molecule has 1 N–H and O–H groups in total. The van der Waals surface area contributed by atoms with Crippen molar-refractivity contribution < 1.29 is 4.79 Å². The summed E-state index contributed by atoms with van der Waals surface area (Å²) in [5.74, 6) is 0.611. The Morgan fingerprint density at radius 1 is 1.12 bits per heavy atom. The monoisotopic (exact) mass is 228 g/mol. The molecule has 0 fully saturated rings. The van der Waals surface area contributed by atoms with Crippen molar-refractivity contribution in [1.82, 2.24) is 10.2 Å². The highest BCUT2D eigenvalue weighted by atomic mass is 16.2. The number of rotatable bonds is 5. The number of hydrogen-bond acceptors (Lipinski definition) is 2. The van der Waals surface area contributed by atoms with Gasteiger partial charge in [-0.05, 0) is 40.5 Å². The predicted molar refractivity (Wildman–Crippen MR) is 69.4 cm³/mol. The molecule has 0 saturated carbocycles. The van der Waals surface area contributed by atoms with Crippen LogP contribution in [-0.2, 0) is 4.79 Å².